The largest absolute Gasteiger partial charge is 0.393 e. The Kier molecular flexibility index (Phi) is 10.3. The average molecular weight is 318 g/mol. The topological polar surface area (TPSA) is 57.5 Å². The van der Waals surface area contributed by atoms with Gasteiger partial charge in [-0.1, -0.05) is 42.5 Å². The molecule has 0 aromatic heterocycles. The van der Waals surface area contributed by atoms with E-state index in [-0.39, 0.29) is 11.9 Å². The number of aliphatic hydroxyl groups excluding tert-OH is 2. The highest BCUT2D eigenvalue weighted by molar-refractivity contribution is 5.78. The number of allylic oxidation sites excluding steroid dienone is 1. The van der Waals surface area contributed by atoms with Crippen molar-refractivity contribution in [3.63, 3.8) is 0 Å². The third-order valence-electron chi connectivity index (χ3n) is 3.84. The molecule has 0 fully saturated rings. The predicted molar refractivity (Wildman–Crippen MR) is 94.3 cm³/mol. The number of hydrogen-bond acceptors (Lipinski definition) is 3. The molecule has 0 aliphatic carbocycles. The van der Waals surface area contributed by atoms with Gasteiger partial charge in [0.1, 0.15) is 5.78 Å². The molecule has 2 N–H and O–H groups in total. The molecule has 0 aliphatic heterocycles. The van der Waals surface area contributed by atoms with Crippen LogP contribution in [0.15, 0.2) is 42.5 Å². The van der Waals surface area contributed by atoms with Crippen LogP contribution in [0.25, 0.3) is 0 Å². The molecular formula is C20H30O3. The summed E-state index contributed by atoms with van der Waals surface area (Å²) in [6, 6.07) is 10.2. The lowest BCUT2D eigenvalue weighted by Crippen LogP contribution is -2.09. The summed E-state index contributed by atoms with van der Waals surface area (Å²) in [6.07, 6.45) is 8.83. The molecule has 2 atom stereocenters. The van der Waals surface area contributed by atoms with Crippen molar-refractivity contribution in [2.75, 3.05) is 0 Å². The summed E-state index contributed by atoms with van der Waals surface area (Å²) >= 11 is 0. The van der Waals surface area contributed by atoms with Crippen molar-refractivity contribution < 1.29 is 15.0 Å². The molecule has 0 heterocycles. The number of aryl methyl sites for hydroxylation is 1. The molecule has 0 bridgehead atoms. The molecule has 0 aliphatic rings. The van der Waals surface area contributed by atoms with E-state index in [1.165, 1.54) is 5.56 Å². The molecule has 3 nitrogen and oxygen atoms in total. The quantitative estimate of drug-likeness (QED) is 0.455. The molecule has 0 radical (unpaired) electrons. The molecule has 1 aromatic carbocycles. The molecule has 128 valence electrons. The number of Topliss-reactive ketones (excluding diaryl/α,β-unsaturated/α-hetero) is 1. The number of ketones is 1. The Bertz CT molecular complexity index is 451. The zero-order valence-electron chi connectivity index (χ0n) is 14.2. The van der Waals surface area contributed by atoms with Crippen LogP contribution in [0, 0.1) is 0 Å². The number of hydrogen-bond donors (Lipinski definition) is 2. The van der Waals surface area contributed by atoms with E-state index in [4.69, 9.17) is 5.11 Å². The molecule has 23 heavy (non-hydrogen) atoms. The van der Waals surface area contributed by atoms with Crippen molar-refractivity contribution in [2.45, 2.75) is 70.5 Å². The van der Waals surface area contributed by atoms with Crippen LogP contribution >= 0.6 is 0 Å². The van der Waals surface area contributed by atoms with Crippen molar-refractivity contribution >= 4 is 5.78 Å². The van der Waals surface area contributed by atoms with E-state index in [0.717, 1.165) is 32.1 Å². The van der Waals surface area contributed by atoms with E-state index < -0.39 is 6.10 Å². The van der Waals surface area contributed by atoms with E-state index in [1.807, 2.05) is 24.3 Å². The summed E-state index contributed by atoms with van der Waals surface area (Å²) < 4.78 is 0. The highest BCUT2D eigenvalue weighted by Gasteiger charge is 2.07. The van der Waals surface area contributed by atoms with Crippen molar-refractivity contribution in [3.8, 4) is 0 Å². The fraction of sp³-hybridized carbons (Fsp3) is 0.550. The van der Waals surface area contributed by atoms with Crippen molar-refractivity contribution in [1.29, 1.82) is 0 Å². The summed E-state index contributed by atoms with van der Waals surface area (Å²) in [4.78, 5) is 11.7. The summed E-state index contributed by atoms with van der Waals surface area (Å²) in [7, 11) is 0. The number of aliphatic hydroxyl groups is 2. The van der Waals surface area contributed by atoms with Gasteiger partial charge >= 0.3 is 0 Å². The first kappa shape index (κ1) is 19.6. The first-order valence-electron chi connectivity index (χ1n) is 8.66. The highest BCUT2D eigenvalue weighted by atomic mass is 16.3. The van der Waals surface area contributed by atoms with Gasteiger partial charge in [-0.25, -0.2) is 0 Å². The second-order valence-electron chi connectivity index (χ2n) is 6.17. The lowest BCUT2D eigenvalue weighted by atomic mass is 10.0. The Labute approximate surface area is 140 Å². The summed E-state index contributed by atoms with van der Waals surface area (Å²) in [6.45, 7) is 1.71. The van der Waals surface area contributed by atoms with Gasteiger partial charge in [-0.2, -0.15) is 0 Å². The predicted octanol–water partition coefficient (Wildman–Crippen LogP) is 3.83. The Hall–Kier alpha value is -1.45. The Morgan fingerprint density at radius 3 is 2.48 bits per heavy atom. The second-order valence-corrected chi connectivity index (χ2v) is 6.17. The van der Waals surface area contributed by atoms with Crippen LogP contribution in [0.3, 0.4) is 0 Å². The van der Waals surface area contributed by atoms with Crippen LogP contribution in [0.4, 0.5) is 0 Å². The fourth-order valence-electron chi connectivity index (χ4n) is 2.49. The minimum atomic E-state index is -0.414. The van der Waals surface area contributed by atoms with Crippen LogP contribution in [-0.4, -0.2) is 28.2 Å². The second kappa shape index (κ2) is 12.0. The molecule has 3 heteroatoms. The van der Waals surface area contributed by atoms with Gasteiger partial charge in [-0.05, 0) is 51.0 Å². The number of rotatable bonds is 12. The lowest BCUT2D eigenvalue weighted by Gasteiger charge is -2.10. The molecule has 0 amide bonds. The first-order chi connectivity index (χ1) is 11.1. The number of benzene rings is 1. The van der Waals surface area contributed by atoms with E-state index in [2.05, 4.69) is 12.1 Å². The standard InChI is InChI=1S/C20H30O3/c1-17(21)9-4-2-7-12-19(22)13-8-14-20(23)16-15-18-10-5-3-6-11-18/h3-6,9-11,17,20-21,23H,2,7-8,12-16H2,1H3/b9-4+/t17-,20+/m0/s1. The SMILES string of the molecule is C[C@H](O)/C=C/CCCC(=O)CCC[C@@H](O)CCc1ccccc1. The minimum absolute atomic E-state index is 0.269. The van der Waals surface area contributed by atoms with Gasteiger partial charge in [0.15, 0.2) is 0 Å². The number of carbonyl (C=O) groups excluding carboxylic acids is 1. The van der Waals surface area contributed by atoms with E-state index in [9.17, 15) is 9.90 Å². The van der Waals surface area contributed by atoms with Gasteiger partial charge in [0.05, 0.1) is 12.2 Å². The molecule has 0 saturated heterocycles. The first-order valence-corrected chi connectivity index (χ1v) is 8.66. The van der Waals surface area contributed by atoms with Crippen molar-refractivity contribution in [3.05, 3.63) is 48.0 Å². The Balaban J connectivity index is 2.03. The van der Waals surface area contributed by atoms with Crippen molar-refractivity contribution in [2.24, 2.45) is 0 Å². The maximum Gasteiger partial charge on any atom is 0.132 e. The van der Waals surface area contributed by atoms with Gasteiger partial charge in [-0.3, -0.25) is 4.79 Å². The van der Waals surface area contributed by atoms with Crippen LogP contribution in [0.1, 0.15) is 57.4 Å². The maximum atomic E-state index is 11.7. The molecule has 0 unspecified atom stereocenters. The molecule has 0 saturated carbocycles. The zero-order valence-corrected chi connectivity index (χ0v) is 14.2. The van der Waals surface area contributed by atoms with Crippen molar-refractivity contribution in [1.82, 2.24) is 0 Å². The fourth-order valence-corrected chi connectivity index (χ4v) is 2.49. The molecule has 1 aromatic rings. The van der Waals surface area contributed by atoms with Crippen LogP contribution < -0.4 is 0 Å². The van der Waals surface area contributed by atoms with Crippen LogP contribution in [0.5, 0.6) is 0 Å². The molecular weight excluding hydrogens is 288 g/mol. The van der Waals surface area contributed by atoms with Crippen LogP contribution in [-0.2, 0) is 11.2 Å². The van der Waals surface area contributed by atoms with Crippen LogP contribution in [0.2, 0.25) is 0 Å². The highest BCUT2D eigenvalue weighted by Crippen LogP contribution is 2.11. The van der Waals surface area contributed by atoms with Gasteiger partial charge < -0.3 is 10.2 Å². The van der Waals surface area contributed by atoms with E-state index >= 15 is 0 Å². The Morgan fingerprint density at radius 2 is 1.78 bits per heavy atom. The van der Waals surface area contributed by atoms with E-state index in [1.54, 1.807) is 13.0 Å². The van der Waals surface area contributed by atoms with Gasteiger partial charge in [-0.15, -0.1) is 0 Å². The summed E-state index contributed by atoms with van der Waals surface area (Å²) in [5.41, 5.74) is 1.24. The minimum Gasteiger partial charge on any atom is -0.393 e. The smallest absolute Gasteiger partial charge is 0.132 e. The number of carbonyl (C=O) groups is 1. The van der Waals surface area contributed by atoms with Gasteiger partial charge in [0.2, 0.25) is 0 Å². The lowest BCUT2D eigenvalue weighted by molar-refractivity contribution is -0.119. The summed E-state index contributed by atoms with van der Waals surface area (Å²) in [5, 5.41) is 19.0. The van der Waals surface area contributed by atoms with Gasteiger partial charge in [0.25, 0.3) is 0 Å². The monoisotopic (exact) mass is 318 g/mol. The normalized spacial score (nSPS) is 14.0. The van der Waals surface area contributed by atoms with Gasteiger partial charge in [0, 0.05) is 12.8 Å². The molecule has 0 spiro atoms. The average Bonchev–Trinajstić information content (AvgIpc) is 2.53. The third kappa shape index (κ3) is 10.8. The maximum absolute atomic E-state index is 11.7. The third-order valence-corrected chi connectivity index (χ3v) is 3.84. The summed E-state index contributed by atoms with van der Waals surface area (Å²) in [5.74, 6) is 0.269. The van der Waals surface area contributed by atoms with E-state index in [0.29, 0.717) is 19.3 Å². The molecule has 1 rings (SSSR count). The number of unbranched alkanes of at least 4 members (excludes halogenated alkanes) is 1. The Morgan fingerprint density at radius 1 is 1.09 bits per heavy atom. The zero-order chi connectivity index (χ0) is 16.9.